The summed E-state index contributed by atoms with van der Waals surface area (Å²) in [5, 5.41) is 0. The van der Waals surface area contributed by atoms with Gasteiger partial charge in [0.2, 0.25) is 0 Å². The van der Waals surface area contributed by atoms with E-state index in [0.29, 0.717) is 18.5 Å². The summed E-state index contributed by atoms with van der Waals surface area (Å²) >= 11 is 0. The molecule has 0 spiro atoms. The van der Waals surface area contributed by atoms with Crippen molar-refractivity contribution in [3.63, 3.8) is 0 Å². The third-order valence-corrected chi connectivity index (χ3v) is 4.30. The van der Waals surface area contributed by atoms with Crippen LogP contribution in [0.15, 0.2) is 59.8 Å². The first-order chi connectivity index (χ1) is 12.0. The van der Waals surface area contributed by atoms with Crippen LogP contribution in [0.2, 0.25) is 0 Å². The van der Waals surface area contributed by atoms with Crippen molar-refractivity contribution < 1.29 is 9.59 Å². The average Bonchev–Trinajstić information content (AvgIpc) is 3.11. The monoisotopic (exact) mass is 335 g/mol. The van der Waals surface area contributed by atoms with Gasteiger partial charge < -0.3 is 9.80 Å². The average molecular weight is 335 g/mol. The van der Waals surface area contributed by atoms with Gasteiger partial charge in [0.25, 0.3) is 11.8 Å². The molecular formula is C20H21N3O2. The summed E-state index contributed by atoms with van der Waals surface area (Å²) in [5.74, 6) is -0.0721. The molecule has 1 aromatic carbocycles. The number of carbonyl (C=O) groups excluding carboxylic acids is 2. The van der Waals surface area contributed by atoms with Crippen LogP contribution >= 0.6 is 0 Å². The number of benzene rings is 1. The second-order valence-corrected chi connectivity index (χ2v) is 6.25. The van der Waals surface area contributed by atoms with Crippen LogP contribution in [0.1, 0.15) is 22.3 Å². The van der Waals surface area contributed by atoms with Crippen LogP contribution in [-0.2, 0) is 4.79 Å². The van der Waals surface area contributed by atoms with Gasteiger partial charge in [-0.2, -0.15) is 0 Å². The molecule has 128 valence electrons. The van der Waals surface area contributed by atoms with E-state index in [0.717, 1.165) is 16.7 Å². The first kappa shape index (κ1) is 16.9. The molecule has 0 aliphatic carbocycles. The lowest BCUT2D eigenvalue weighted by atomic mass is 9.90. The molecule has 25 heavy (non-hydrogen) atoms. The molecule has 5 nitrogen and oxygen atoms in total. The fourth-order valence-corrected chi connectivity index (χ4v) is 2.99. The Morgan fingerprint density at radius 1 is 1.40 bits per heavy atom. The SMILES string of the molecule is C=CCCN1C=C(c2cccc(C(=O)N(C)C)c2)C2=CC=NC2C1=O. The number of carbonyl (C=O) groups is 2. The van der Waals surface area contributed by atoms with Gasteiger partial charge in [0, 0.05) is 44.2 Å². The van der Waals surface area contributed by atoms with Crippen molar-refractivity contribution in [3.8, 4) is 0 Å². The van der Waals surface area contributed by atoms with E-state index in [4.69, 9.17) is 0 Å². The maximum absolute atomic E-state index is 12.6. The highest BCUT2D eigenvalue weighted by molar-refractivity contribution is 6.04. The highest BCUT2D eigenvalue weighted by atomic mass is 16.2. The molecule has 3 rings (SSSR count). The van der Waals surface area contributed by atoms with E-state index in [1.165, 1.54) is 0 Å². The maximum Gasteiger partial charge on any atom is 0.255 e. The van der Waals surface area contributed by atoms with Crippen molar-refractivity contribution in [3.05, 3.63) is 65.9 Å². The molecule has 0 N–H and O–H groups in total. The standard InChI is InChI=1S/C20H21N3O2/c1-4-5-11-23-13-17(16-9-10-21-18(16)20(23)25)14-7-6-8-15(12-14)19(24)22(2)3/h4,6-10,12-13,18H,1,5,11H2,2-3H3. The summed E-state index contributed by atoms with van der Waals surface area (Å²) in [7, 11) is 3.46. The van der Waals surface area contributed by atoms with Crippen molar-refractivity contribution in [2.75, 3.05) is 20.6 Å². The zero-order chi connectivity index (χ0) is 18.0. The molecule has 5 heteroatoms. The van der Waals surface area contributed by atoms with Crippen molar-refractivity contribution in [2.45, 2.75) is 12.5 Å². The fraction of sp³-hybridized carbons (Fsp3) is 0.250. The molecule has 1 atom stereocenters. The van der Waals surface area contributed by atoms with E-state index >= 15 is 0 Å². The number of nitrogens with zero attached hydrogens (tertiary/aromatic N) is 3. The van der Waals surface area contributed by atoms with Crippen LogP contribution in [0.25, 0.3) is 5.57 Å². The van der Waals surface area contributed by atoms with Crippen molar-refractivity contribution in [1.29, 1.82) is 0 Å². The zero-order valence-corrected chi connectivity index (χ0v) is 14.5. The zero-order valence-electron chi connectivity index (χ0n) is 14.5. The molecule has 0 aromatic heterocycles. The molecule has 2 heterocycles. The molecule has 2 aliphatic rings. The van der Waals surface area contributed by atoms with Gasteiger partial charge >= 0.3 is 0 Å². The van der Waals surface area contributed by atoms with Crippen LogP contribution in [0.5, 0.6) is 0 Å². The lowest BCUT2D eigenvalue weighted by Crippen LogP contribution is -2.39. The van der Waals surface area contributed by atoms with Crippen LogP contribution < -0.4 is 0 Å². The number of hydrogen-bond donors (Lipinski definition) is 0. The van der Waals surface area contributed by atoms with E-state index in [1.807, 2.05) is 30.5 Å². The minimum Gasteiger partial charge on any atom is -0.345 e. The number of amides is 2. The van der Waals surface area contributed by atoms with E-state index in [2.05, 4.69) is 11.6 Å². The Balaban J connectivity index is 2.02. The van der Waals surface area contributed by atoms with Crippen LogP contribution in [0.3, 0.4) is 0 Å². The molecule has 0 bridgehead atoms. The normalized spacial score (nSPS) is 18.6. The number of fused-ring (bicyclic) bond motifs is 1. The third-order valence-electron chi connectivity index (χ3n) is 4.30. The minimum atomic E-state index is -0.488. The van der Waals surface area contributed by atoms with Crippen LogP contribution in [0, 0.1) is 0 Å². The highest BCUT2D eigenvalue weighted by Crippen LogP contribution is 2.34. The Kier molecular flexibility index (Phi) is 4.65. The summed E-state index contributed by atoms with van der Waals surface area (Å²) in [6, 6.07) is 7.00. The summed E-state index contributed by atoms with van der Waals surface area (Å²) in [4.78, 5) is 32.4. The van der Waals surface area contributed by atoms with E-state index in [-0.39, 0.29) is 11.8 Å². The topological polar surface area (TPSA) is 53.0 Å². The first-order valence-corrected chi connectivity index (χ1v) is 8.22. The predicted molar refractivity (Wildman–Crippen MR) is 99.3 cm³/mol. The van der Waals surface area contributed by atoms with Crippen LogP contribution in [-0.4, -0.2) is 54.5 Å². The van der Waals surface area contributed by atoms with Gasteiger partial charge in [-0.1, -0.05) is 18.2 Å². The Hall–Kier alpha value is -2.95. The predicted octanol–water partition coefficient (Wildman–Crippen LogP) is 2.53. The minimum absolute atomic E-state index is 0.0221. The maximum atomic E-state index is 12.6. The number of hydrogen-bond acceptors (Lipinski definition) is 3. The first-order valence-electron chi connectivity index (χ1n) is 8.22. The smallest absolute Gasteiger partial charge is 0.255 e. The van der Waals surface area contributed by atoms with E-state index < -0.39 is 6.04 Å². The molecular weight excluding hydrogens is 314 g/mol. The molecule has 0 saturated heterocycles. The number of rotatable bonds is 5. The Morgan fingerprint density at radius 2 is 2.20 bits per heavy atom. The summed E-state index contributed by atoms with van der Waals surface area (Å²) in [6.07, 6.45) is 7.92. The van der Waals surface area contributed by atoms with E-state index in [9.17, 15) is 9.59 Å². The summed E-state index contributed by atoms with van der Waals surface area (Å²) in [6.45, 7) is 4.29. The summed E-state index contributed by atoms with van der Waals surface area (Å²) in [5.41, 5.74) is 3.34. The highest BCUT2D eigenvalue weighted by Gasteiger charge is 2.35. The second kappa shape index (κ2) is 6.89. The molecule has 1 aromatic rings. The molecule has 0 fully saturated rings. The molecule has 2 aliphatic heterocycles. The Morgan fingerprint density at radius 3 is 2.92 bits per heavy atom. The molecule has 0 saturated carbocycles. The molecule has 1 unspecified atom stereocenters. The van der Waals surface area contributed by atoms with Gasteiger partial charge in [0.05, 0.1) is 0 Å². The van der Waals surface area contributed by atoms with Gasteiger partial charge in [0.1, 0.15) is 0 Å². The molecule has 2 amide bonds. The van der Waals surface area contributed by atoms with E-state index in [1.54, 1.807) is 42.3 Å². The van der Waals surface area contributed by atoms with Gasteiger partial charge in [-0.15, -0.1) is 6.58 Å². The van der Waals surface area contributed by atoms with Crippen LogP contribution in [0.4, 0.5) is 0 Å². The van der Waals surface area contributed by atoms with Crippen molar-refractivity contribution in [1.82, 2.24) is 9.80 Å². The fourth-order valence-electron chi connectivity index (χ4n) is 2.99. The second-order valence-electron chi connectivity index (χ2n) is 6.25. The lowest BCUT2D eigenvalue weighted by Gasteiger charge is -2.29. The van der Waals surface area contributed by atoms with Gasteiger partial charge in [-0.3, -0.25) is 14.6 Å². The Labute approximate surface area is 147 Å². The third kappa shape index (κ3) is 3.18. The number of aliphatic imine (C=N–C) groups is 1. The molecule has 0 radical (unpaired) electrons. The Bertz CT molecular complexity index is 818. The van der Waals surface area contributed by atoms with Crippen molar-refractivity contribution in [2.24, 2.45) is 4.99 Å². The summed E-state index contributed by atoms with van der Waals surface area (Å²) < 4.78 is 0. The lowest BCUT2D eigenvalue weighted by molar-refractivity contribution is -0.129. The van der Waals surface area contributed by atoms with Gasteiger partial charge in [0.15, 0.2) is 6.04 Å². The van der Waals surface area contributed by atoms with Gasteiger partial charge in [-0.25, -0.2) is 0 Å². The largest absolute Gasteiger partial charge is 0.345 e. The van der Waals surface area contributed by atoms with Crippen molar-refractivity contribution >= 4 is 23.6 Å². The quantitative estimate of drug-likeness (QED) is 0.777. The van der Waals surface area contributed by atoms with Gasteiger partial charge in [-0.05, 0) is 35.8 Å². The number of allylic oxidation sites excluding steroid dienone is 1.